The van der Waals surface area contributed by atoms with Crippen molar-refractivity contribution >= 4 is 40.0 Å². The number of rotatable bonds is 11. The van der Waals surface area contributed by atoms with E-state index in [-0.39, 0.29) is 35.8 Å². The maximum Gasteiger partial charge on any atom is 0.216 e. The van der Waals surface area contributed by atoms with Crippen molar-refractivity contribution in [3.63, 3.8) is 0 Å². The van der Waals surface area contributed by atoms with E-state index < -0.39 is 10.0 Å². The monoisotopic (exact) mass is 563 g/mol. The Bertz CT molecular complexity index is 912. The zero-order valence-electron chi connectivity index (χ0n) is 18.6. The Hall–Kier alpha value is -1.73. The highest BCUT2D eigenvalue weighted by molar-refractivity contribution is 14.0. The van der Waals surface area contributed by atoms with Crippen LogP contribution in [0, 0.1) is 0 Å². The molecule has 0 aliphatic carbocycles. The predicted molar refractivity (Wildman–Crippen MR) is 135 cm³/mol. The highest BCUT2D eigenvalue weighted by Gasteiger charge is 2.12. The number of nitrogens with zero attached hydrogens (tertiary/aromatic N) is 4. The molecular formula is C20H34IN7O2S. The summed E-state index contributed by atoms with van der Waals surface area (Å²) in [6, 6.07) is 7.39. The number of aryl methyl sites for hydroxylation is 1. The number of aromatic nitrogens is 3. The molecule has 11 heteroatoms. The summed E-state index contributed by atoms with van der Waals surface area (Å²) in [5.41, 5.74) is 1.76. The second-order valence-electron chi connectivity index (χ2n) is 7.26. The molecule has 1 heterocycles. The molecule has 1 aromatic carbocycles. The Balaban J connectivity index is 0.00000480. The SMILES string of the molecule is CCNC(=NCc1ccc(CS(=O)(=O)NC(C)C)cc1)NCCn1cnnc1CC.I. The molecule has 0 saturated carbocycles. The van der Waals surface area contributed by atoms with Crippen molar-refractivity contribution in [3.05, 3.63) is 47.5 Å². The van der Waals surface area contributed by atoms with E-state index in [0.29, 0.717) is 13.1 Å². The van der Waals surface area contributed by atoms with Gasteiger partial charge in [0.05, 0.1) is 12.3 Å². The second-order valence-corrected chi connectivity index (χ2v) is 9.02. The minimum Gasteiger partial charge on any atom is -0.357 e. The molecule has 174 valence electrons. The van der Waals surface area contributed by atoms with Gasteiger partial charge in [0.25, 0.3) is 0 Å². The van der Waals surface area contributed by atoms with E-state index in [9.17, 15) is 8.42 Å². The maximum atomic E-state index is 12.0. The van der Waals surface area contributed by atoms with Crippen LogP contribution in [0.2, 0.25) is 0 Å². The number of hydrogen-bond acceptors (Lipinski definition) is 5. The number of sulfonamides is 1. The minimum atomic E-state index is -3.32. The smallest absolute Gasteiger partial charge is 0.216 e. The van der Waals surface area contributed by atoms with Crippen LogP contribution in [-0.4, -0.2) is 48.3 Å². The normalized spacial score (nSPS) is 12.0. The van der Waals surface area contributed by atoms with Crippen molar-refractivity contribution < 1.29 is 8.42 Å². The van der Waals surface area contributed by atoms with Gasteiger partial charge in [-0.1, -0.05) is 31.2 Å². The molecule has 0 spiro atoms. The van der Waals surface area contributed by atoms with Crippen LogP contribution in [0.1, 0.15) is 44.6 Å². The van der Waals surface area contributed by atoms with Crippen molar-refractivity contribution in [1.29, 1.82) is 0 Å². The lowest BCUT2D eigenvalue weighted by Gasteiger charge is -2.12. The van der Waals surface area contributed by atoms with Crippen LogP contribution in [0.5, 0.6) is 0 Å². The van der Waals surface area contributed by atoms with Crippen LogP contribution >= 0.6 is 24.0 Å². The Morgan fingerprint density at radius 2 is 1.81 bits per heavy atom. The van der Waals surface area contributed by atoms with Gasteiger partial charge in [-0.2, -0.15) is 0 Å². The first-order valence-electron chi connectivity index (χ1n) is 10.3. The third-order valence-corrected chi connectivity index (χ3v) is 5.76. The van der Waals surface area contributed by atoms with Gasteiger partial charge in [0.2, 0.25) is 10.0 Å². The van der Waals surface area contributed by atoms with Gasteiger partial charge >= 0.3 is 0 Å². The minimum absolute atomic E-state index is 0. The van der Waals surface area contributed by atoms with Crippen LogP contribution in [0.25, 0.3) is 0 Å². The molecule has 0 atom stereocenters. The van der Waals surface area contributed by atoms with E-state index in [0.717, 1.165) is 42.4 Å². The second kappa shape index (κ2) is 13.6. The molecule has 0 radical (unpaired) electrons. The summed E-state index contributed by atoms with van der Waals surface area (Å²) in [7, 11) is -3.32. The van der Waals surface area contributed by atoms with Crippen LogP contribution in [-0.2, 0) is 35.3 Å². The lowest BCUT2D eigenvalue weighted by molar-refractivity contribution is 0.569. The standard InChI is InChI=1S/C20H33N7O2S.HI/c1-5-19-25-24-15-27(19)12-11-22-20(21-6-2)23-13-17-7-9-18(10-8-17)14-30(28,29)26-16(3)4;/h7-10,15-16,26H,5-6,11-14H2,1-4H3,(H2,21,22,23);1H. The summed E-state index contributed by atoms with van der Waals surface area (Å²) in [4.78, 5) is 4.61. The van der Waals surface area contributed by atoms with Gasteiger partial charge in [0, 0.05) is 32.1 Å². The van der Waals surface area contributed by atoms with E-state index in [1.807, 2.05) is 49.6 Å². The molecule has 9 nitrogen and oxygen atoms in total. The molecule has 3 N–H and O–H groups in total. The molecule has 1 aromatic heterocycles. The van der Waals surface area contributed by atoms with E-state index in [2.05, 4.69) is 37.5 Å². The highest BCUT2D eigenvalue weighted by atomic mass is 127. The molecule has 0 bridgehead atoms. The molecule has 31 heavy (non-hydrogen) atoms. The van der Waals surface area contributed by atoms with E-state index in [4.69, 9.17) is 0 Å². The molecule has 0 amide bonds. The maximum absolute atomic E-state index is 12.0. The van der Waals surface area contributed by atoms with Crippen LogP contribution in [0.4, 0.5) is 0 Å². The van der Waals surface area contributed by atoms with Crippen LogP contribution in [0.15, 0.2) is 35.6 Å². The molecular weight excluding hydrogens is 529 g/mol. The average molecular weight is 564 g/mol. The highest BCUT2D eigenvalue weighted by Crippen LogP contribution is 2.09. The number of nitrogens with one attached hydrogen (secondary N) is 3. The van der Waals surface area contributed by atoms with Gasteiger partial charge < -0.3 is 15.2 Å². The molecule has 0 fully saturated rings. The van der Waals surface area contributed by atoms with E-state index in [1.165, 1.54) is 0 Å². The fraction of sp³-hybridized carbons (Fsp3) is 0.550. The average Bonchev–Trinajstić information content (AvgIpc) is 3.13. The number of benzene rings is 1. The number of hydrogen-bond donors (Lipinski definition) is 3. The summed E-state index contributed by atoms with van der Waals surface area (Å²) >= 11 is 0. The van der Waals surface area contributed by atoms with Gasteiger partial charge in [-0.15, -0.1) is 34.2 Å². The van der Waals surface area contributed by atoms with E-state index >= 15 is 0 Å². The van der Waals surface area contributed by atoms with Gasteiger partial charge in [-0.05, 0) is 31.9 Å². The third-order valence-electron chi connectivity index (χ3n) is 4.22. The molecule has 0 aliphatic heterocycles. The summed E-state index contributed by atoms with van der Waals surface area (Å²) in [6.07, 6.45) is 2.59. The Morgan fingerprint density at radius 3 is 2.42 bits per heavy atom. The lowest BCUT2D eigenvalue weighted by atomic mass is 10.1. The third kappa shape index (κ3) is 9.95. The fourth-order valence-corrected chi connectivity index (χ4v) is 4.34. The Kier molecular flexibility index (Phi) is 12.0. The summed E-state index contributed by atoms with van der Waals surface area (Å²) in [5.74, 6) is 1.67. The predicted octanol–water partition coefficient (Wildman–Crippen LogP) is 2.04. The lowest BCUT2D eigenvalue weighted by Crippen LogP contribution is -2.38. The van der Waals surface area contributed by atoms with Crippen molar-refractivity contribution in [1.82, 2.24) is 30.1 Å². The molecule has 0 saturated heterocycles. The quantitative estimate of drug-likeness (QED) is 0.219. The molecule has 0 aliphatic rings. The summed E-state index contributed by atoms with van der Waals surface area (Å²) < 4.78 is 28.7. The van der Waals surface area contributed by atoms with Crippen molar-refractivity contribution in [2.24, 2.45) is 4.99 Å². The number of aliphatic imine (C=N–C) groups is 1. The van der Waals surface area contributed by atoms with Crippen LogP contribution < -0.4 is 15.4 Å². The number of halogens is 1. The zero-order chi connectivity index (χ0) is 22.0. The molecule has 2 aromatic rings. The van der Waals surface area contributed by atoms with Crippen molar-refractivity contribution in [3.8, 4) is 0 Å². The van der Waals surface area contributed by atoms with E-state index in [1.54, 1.807) is 6.33 Å². The van der Waals surface area contributed by atoms with Gasteiger partial charge in [-0.3, -0.25) is 0 Å². The summed E-state index contributed by atoms with van der Waals surface area (Å²) in [5, 5.41) is 14.6. The molecule has 2 rings (SSSR count). The van der Waals surface area contributed by atoms with Gasteiger partial charge in [0.1, 0.15) is 12.2 Å². The molecule has 0 unspecified atom stereocenters. The zero-order valence-corrected chi connectivity index (χ0v) is 21.8. The summed E-state index contributed by atoms with van der Waals surface area (Å²) in [6.45, 7) is 10.4. The first-order chi connectivity index (χ1) is 14.3. The first-order valence-corrected chi connectivity index (χ1v) is 11.9. The largest absolute Gasteiger partial charge is 0.357 e. The van der Waals surface area contributed by atoms with Crippen molar-refractivity contribution in [2.45, 2.75) is 59.0 Å². The fourth-order valence-electron chi connectivity index (χ4n) is 2.91. The number of guanidine groups is 1. The van der Waals surface area contributed by atoms with Crippen molar-refractivity contribution in [2.75, 3.05) is 13.1 Å². The van der Waals surface area contributed by atoms with Gasteiger partial charge in [0.15, 0.2) is 5.96 Å². The topological polar surface area (TPSA) is 113 Å². The Labute approximate surface area is 202 Å². The van der Waals surface area contributed by atoms with Gasteiger partial charge in [-0.25, -0.2) is 18.1 Å². The first kappa shape index (κ1) is 27.3. The Morgan fingerprint density at radius 1 is 1.13 bits per heavy atom. The van der Waals surface area contributed by atoms with Crippen LogP contribution in [0.3, 0.4) is 0 Å².